The minimum atomic E-state index is -0.585. The maximum Gasteiger partial charge on any atom is 0.234 e. The largest absolute Gasteiger partial charge is 0.368 e. The minimum Gasteiger partial charge on any atom is -0.368 e. The first-order chi connectivity index (χ1) is 7.68. The van der Waals surface area contributed by atoms with Crippen LogP contribution in [0.15, 0.2) is 5.16 Å². The molecule has 0 saturated heterocycles. The van der Waals surface area contributed by atoms with Gasteiger partial charge in [0.1, 0.15) is 0 Å². The van der Waals surface area contributed by atoms with E-state index in [-0.39, 0.29) is 0 Å². The Bertz CT molecular complexity index is 376. The van der Waals surface area contributed by atoms with E-state index in [4.69, 9.17) is 11.5 Å². The first-order valence-electron chi connectivity index (χ1n) is 5.14. The lowest BCUT2D eigenvalue weighted by Gasteiger charge is -2.06. The van der Waals surface area contributed by atoms with Gasteiger partial charge in [-0.3, -0.25) is 4.79 Å². The van der Waals surface area contributed by atoms with Crippen LogP contribution in [-0.2, 0) is 4.79 Å². The van der Waals surface area contributed by atoms with Crippen molar-refractivity contribution in [3.8, 4) is 0 Å². The SMILES string of the molecule is NC(=O)C(N)CCSc1nnnn1C1CC1. The highest BCUT2D eigenvalue weighted by Crippen LogP contribution is 2.36. The quantitative estimate of drug-likeness (QED) is 0.638. The molecule has 0 radical (unpaired) electrons. The summed E-state index contributed by atoms with van der Waals surface area (Å²) in [6.45, 7) is 0. The molecular weight excluding hydrogens is 228 g/mol. The average molecular weight is 242 g/mol. The van der Waals surface area contributed by atoms with E-state index in [1.54, 1.807) is 0 Å². The van der Waals surface area contributed by atoms with Crippen LogP contribution in [0.4, 0.5) is 0 Å². The number of tetrazole rings is 1. The summed E-state index contributed by atoms with van der Waals surface area (Å²) in [5.74, 6) is 0.222. The van der Waals surface area contributed by atoms with Crippen molar-refractivity contribution in [2.24, 2.45) is 11.5 Å². The molecule has 0 spiro atoms. The summed E-state index contributed by atoms with van der Waals surface area (Å²) in [5, 5.41) is 12.3. The van der Waals surface area contributed by atoms with Gasteiger partial charge in [-0.05, 0) is 29.7 Å². The second-order valence-electron chi connectivity index (χ2n) is 3.78. The van der Waals surface area contributed by atoms with E-state index >= 15 is 0 Å². The number of primary amides is 1. The van der Waals surface area contributed by atoms with Gasteiger partial charge in [-0.1, -0.05) is 11.8 Å². The number of hydrogen-bond acceptors (Lipinski definition) is 6. The number of hydrogen-bond donors (Lipinski definition) is 2. The molecule has 16 heavy (non-hydrogen) atoms. The molecule has 1 aromatic rings. The van der Waals surface area contributed by atoms with Gasteiger partial charge in [0.15, 0.2) is 0 Å². The van der Waals surface area contributed by atoms with Crippen molar-refractivity contribution in [2.45, 2.75) is 36.5 Å². The lowest BCUT2D eigenvalue weighted by molar-refractivity contribution is -0.119. The summed E-state index contributed by atoms with van der Waals surface area (Å²) in [4.78, 5) is 10.7. The molecule has 1 amide bonds. The van der Waals surface area contributed by atoms with Crippen LogP contribution < -0.4 is 11.5 Å². The summed E-state index contributed by atoms with van der Waals surface area (Å²) >= 11 is 1.51. The zero-order chi connectivity index (χ0) is 11.5. The summed E-state index contributed by atoms with van der Waals surface area (Å²) < 4.78 is 1.83. The van der Waals surface area contributed by atoms with Gasteiger partial charge >= 0.3 is 0 Å². The monoisotopic (exact) mass is 242 g/mol. The molecule has 2 rings (SSSR count). The molecule has 1 unspecified atom stereocenters. The Morgan fingerprint density at radius 2 is 2.38 bits per heavy atom. The third kappa shape index (κ3) is 2.70. The van der Waals surface area contributed by atoms with Crippen molar-refractivity contribution in [3.05, 3.63) is 0 Å². The molecule has 1 heterocycles. The fourth-order valence-corrected chi connectivity index (χ4v) is 2.21. The number of nitrogens with two attached hydrogens (primary N) is 2. The van der Waals surface area contributed by atoms with Gasteiger partial charge in [0, 0.05) is 5.75 Å². The van der Waals surface area contributed by atoms with Crippen molar-refractivity contribution >= 4 is 17.7 Å². The van der Waals surface area contributed by atoms with Crippen LogP contribution in [0, 0.1) is 0 Å². The Labute approximate surface area is 96.9 Å². The lowest BCUT2D eigenvalue weighted by Crippen LogP contribution is -2.36. The van der Waals surface area contributed by atoms with Crippen LogP contribution >= 0.6 is 11.8 Å². The highest BCUT2D eigenvalue weighted by atomic mass is 32.2. The third-order valence-electron chi connectivity index (χ3n) is 2.38. The van der Waals surface area contributed by atoms with Gasteiger partial charge in [0.05, 0.1) is 12.1 Å². The zero-order valence-corrected chi connectivity index (χ0v) is 9.56. The number of aromatic nitrogens is 4. The van der Waals surface area contributed by atoms with E-state index in [9.17, 15) is 4.79 Å². The van der Waals surface area contributed by atoms with Crippen LogP contribution in [-0.4, -0.2) is 37.9 Å². The predicted molar refractivity (Wildman–Crippen MR) is 58.6 cm³/mol. The highest BCUT2D eigenvalue weighted by Gasteiger charge is 2.27. The van der Waals surface area contributed by atoms with E-state index in [0.717, 1.165) is 18.0 Å². The van der Waals surface area contributed by atoms with E-state index in [2.05, 4.69) is 15.5 Å². The molecule has 0 bridgehead atoms. The lowest BCUT2D eigenvalue weighted by atomic mass is 10.2. The Kier molecular flexibility index (Phi) is 3.39. The average Bonchev–Trinajstić information content (AvgIpc) is 2.99. The highest BCUT2D eigenvalue weighted by molar-refractivity contribution is 7.99. The van der Waals surface area contributed by atoms with Crippen molar-refractivity contribution in [1.82, 2.24) is 20.2 Å². The molecule has 0 aliphatic heterocycles. The van der Waals surface area contributed by atoms with Crippen molar-refractivity contribution in [3.63, 3.8) is 0 Å². The fourth-order valence-electron chi connectivity index (χ4n) is 1.25. The molecule has 7 nitrogen and oxygen atoms in total. The molecule has 1 aromatic heterocycles. The maximum atomic E-state index is 10.7. The number of amides is 1. The van der Waals surface area contributed by atoms with Gasteiger partial charge in [0.25, 0.3) is 0 Å². The minimum absolute atomic E-state index is 0.460. The molecular formula is C8H14N6OS. The number of carbonyl (C=O) groups excluding carboxylic acids is 1. The van der Waals surface area contributed by atoms with E-state index in [1.165, 1.54) is 11.8 Å². The van der Waals surface area contributed by atoms with E-state index in [0.29, 0.717) is 18.2 Å². The van der Waals surface area contributed by atoms with Crippen molar-refractivity contribution < 1.29 is 4.79 Å². The molecule has 88 valence electrons. The summed E-state index contributed by atoms with van der Waals surface area (Å²) in [6, 6.07) is -0.125. The number of thioether (sulfide) groups is 1. The Balaban J connectivity index is 1.80. The number of nitrogens with zero attached hydrogens (tertiary/aromatic N) is 4. The summed E-state index contributed by atoms with van der Waals surface area (Å²) in [5.41, 5.74) is 10.6. The molecule has 1 saturated carbocycles. The second-order valence-corrected chi connectivity index (χ2v) is 4.85. The Morgan fingerprint density at radius 1 is 1.62 bits per heavy atom. The van der Waals surface area contributed by atoms with Gasteiger partial charge in [0.2, 0.25) is 11.1 Å². The first kappa shape index (κ1) is 11.3. The third-order valence-corrected chi connectivity index (χ3v) is 3.35. The van der Waals surface area contributed by atoms with Gasteiger partial charge in [-0.15, -0.1) is 5.10 Å². The van der Waals surface area contributed by atoms with Crippen LogP contribution in [0.1, 0.15) is 25.3 Å². The standard InChI is InChI=1S/C8H14N6OS/c9-6(7(10)15)3-4-16-8-11-12-13-14(8)5-1-2-5/h5-6H,1-4,9H2,(H2,10,15). The molecule has 0 aromatic carbocycles. The summed E-state index contributed by atoms with van der Waals surface area (Å²) in [6.07, 6.45) is 2.82. The topological polar surface area (TPSA) is 113 Å². The first-order valence-corrected chi connectivity index (χ1v) is 6.12. The van der Waals surface area contributed by atoms with E-state index in [1.807, 2.05) is 4.68 Å². The Morgan fingerprint density at radius 3 is 3.00 bits per heavy atom. The van der Waals surface area contributed by atoms with Gasteiger partial charge in [-0.2, -0.15) is 0 Å². The summed E-state index contributed by atoms with van der Waals surface area (Å²) in [7, 11) is 0. The zero-order valence-electron chi connectivity index (χ0n) is 8.74. The van der Waals surface area contributed by atoms with Crippen LogP contribution in [0.5, 0.6) is 0 Å². The van der Waals surface area contributed by atoms with Crippen LogP contribution in [0.3, 0.4) is 0 Å². The Hall–Kier alpha value is -1.15. The molecule has 1 aliphatic carbocycles. The molecule has 4 N–H and O–H groups in total. The fraction of sp³-hybridized carbons (Fsp3) is 0.750. The van der Waals surface area contributed by atoms with Gasteiger partial charge < -0.3 is 11.5 Å². The van der Waals surface area contributed by atoms with Gasteiger partial charge in [-0.25, -0.2) is 4.68 Å². The number of rotatable bonds is 6. The smallest absolute Gasteiger partial charge is 0.234 e. The molecule has 1 atom stereocenters. The molecule has 1 aliphatic rings. The second kappa shape index (κ2) is 4.79. The molecule has 1 fully saturated rings. The van der Waals surface area contributed by atoms with Crippen LogP contribution in [0.2, 0.25) is 0 Å². The normalized spacial score (nSPS) is 17.3. The van der Waals surface area contributed by atoms with Crippen molar-refractivity contribution in [1.29, 1.82) is 0 Å². The predicted octanol–water partition coefficient (Wildman–Crippen LogP) is -0.697. The molecule has 8 heteroatoms. The number of carbonyl (C=O) groups is 1. The van der Waals surface area contributed by atoms with E-state index < -0.39 is 11.9 Å². The maximum absolute atomic E-state index is 10.7. The van der Waals surface area contributed by atoms with Crippen LogP contribution in [0.25, 0.3) is 0 Å². The van der Waals surface area contributed by atoms with Crippen molar-refractivity contribution in [2.75, 3.05) is 5.75 Å².